The quantitative estimate of drug-likeness (QED) is 0.0231. The molecule has 82 heavy (non-hydrogen) atoms. The number of nitrogens with zero attached hydrogens (tertiary/aromatic N) is 6. The van der Waals surface area contributed by atoms with Crippen LogP contribution in [0.4, 0.5) is 11.4 Å². The monoisotopic (exact) mass is 1110 g/mol. The third-order valence-corrected chi connectivity index (χ3v) is 16.7. The third-order valence-electron chi connectivity index (χ3n) is 16.7. The Bertz CT molecular complexity index is 3110. The first-order valence-corrected chi connectivity index (χ1v) is 29.7. The highest BCUT2D eigenvalue weighted by atomic mass is 16.5. The molecule has 14 nitrogen and oxygen atoms in total. The number of nitriles is 1. The van der Waals surface area contributed by atoms with E-state index in [1.54, 1.807) is 36.4 Å². The fraction of sp³-hybridized carbons (Fsp3) is 0.412. The largest absolute Gasteiger partial charge is 0.488 e. The number of nitrogens with two attached hydrogens (primary N) is 1. The lowest BCUT2D eigenvalue weighted by atomic mass is 9.97. The van der Waals surface area contributed by atoms with Crippen molar-refractivity contribution in [3.05, 3.63) is 179 Å². The summed E-state index contributed by atoms with van der Waals surface area (Å²) in [4.78, 5) is 37.0. The van der Waals surface area contributed by atoms with Crippen molar-refractivity contribution in [3.8, 4) is 29.1 Å². The van der Waals surface area contributed by atoms with Crippen molar-refractivity contribution in [3.63, 3.8) is 0 Å². The standard InChI is InChI=1S/C34H42N4O4.C34H39N3O3/c1-24-12-11-13-25(2)37(24)20-9-4-10-21-38-29-16-7-8-17-31(29)42-32(34(38)39)28-22-27(33(35)36-40)18-19-30(28)41-23-26-14-5-3-6-15-26;1-25-12-11-13-26(2)36(25)20-9-4-10-21-37-30-16-7-8-17-32(30)40-33(34(37)38)29-22-28(23-35)18-19-31(29)39-24-27-14-5-3-6-15-27/h3,5-8,14-19,22,24-25,32,40H,4,9-13,20-21,23H2,1-2H3,(H2,35,36);3,5-8,14-19,22,25-26,33H,4,9-13,20-21,24H2,1-2H3/t24-,25+,32-;25-,26+,33-/m00/s1. The average Bonchev–Trinajstić information content (AvgIpc) is 3.55. The van der Waals surface area contributed by atoms with Gasteiger partial charge in [-0.25, -0.2) is 0 Å². The van der Waals surface area contributed by atoms with Crippen LogP contribution in [0.5, 0.6) is 23.0 Å². The topological polar surface area (TPSA) is 166 Å². The zero-order valence-electron chi connectivity index (χ0n) is 48.2. The van der Waals surface area contributed by atoms with E-state index in [9.17, 15) is 20.1 Å². The lowest BCUT2D eigenvalue weighted by Gasteiger charge is -2.39. The SMILES string of the molecule is C[C@@H]1CCC[C@H](C)N1CCCCCN1C(=O)[C@H](c2cc(C#N)ccc2OCc2ccccc2)Oc2ccccc21.C[C@@H]1CCC[C@H](C)N1CCCCCN1C(=O)[C@H](c2cc(C(N)=NO)ccc2OCc2ccccc2)Oc2ccccc21. The zero-order valence-corrected chi connectivity index (χ0v) is 48.2. The Morgan fingerprint density at radius 3 is 1.43 bits per heavy atom. The third kappa shape index (κ3) is 14.6. The number of hydrogen-bond acceptors (Lipinski definition) is 11. The van der Waals surface area contributed by atoms with Crippen molar-refractivity contribution in [1.29, 1.82) is 5.26 Å². The molecule has 4 aliphatic rings. The number of hydrogen-bond donors (Lipinski definition) is 2. The average molecular weight is 1110 g/mol. The van der Waals surface area contributed by atoms with Crippen LogP contribution in [0.3, 0.4) is 0 Å². The molecule has 3 N–H and O–H groups in total. The van der Waals surface area contributed by atoms with E-state index < -0.39 is 12.2 Å². The lowest BCUT2D eigenvalue weighted by molar-refractivity contribution is -0.127. The van der Waals surface area contributed by atoms with Gasteiger partial charge in [0.2, 0.25) is 12.2 Å². The van der Waals surface area contributed by atoms with E-state index in [0.717, 1.165) is 74.1 Å². The lowest BCUT2D eigenvalue weighted by Crippen LogP contribution is -2.44. The molecule has 0 unspecified atom stereocenters. The normalized spacial score (nSPS) is 21.0. The van der Waals surface area contributed by atoms with Gasteiger partial charge in [-0.2, -0.15) is 5.26 Å². The molecule has 10 rings (SSSR count). The molecule has 14 heteroatoms. The molecule has 4 heterocycles. The second kappa shape index (κ2) is 28.7. The highest BCUT2D eigenvalue weighted by Gasteiger charge is 2.39. The predicted molar refractivity (Wildman–Crippen MR) is 323 cm³/mol. The second-order valence-electron chi connectivity index (χ2n) is 22.4. The summed E-state index contributed by atoms with van der Waals surface area (Å²) in [5.41, 5.74) is 11.6. The van der Waals surface area contributed by atoms with E-state index in [2.05, 4.69) is 48.7 Å². The smallest absolute Gasteiger partial charge is 0.273 e. The van der Waals surface area contributed by atoms with Crippen LogP contribution >= 0.6 is 0 Å². The molecular formula is C68H81N7O7. The summed E-state index contributed by atoms with van der Waals surface area (Å²) >= 11 is 0. The maximum absolute atomic E-state index is 14.1. The van der Waals surface area contributed by atoms with E-state index in [1.807, 2.05) is 119 Å². The van der Waals surface area contributed by atoms with Crippen molar-refractivity contribution < 1.29 is 33.7 Å². The van der Waals surface area contributed by atoms with Crippen LogP contribution in [0, 0.1) is 11.3 Å². The molecule has 6 aromatic carbocycles. The summed E-state index contributed by atoms with van der Waals surface area (Å²) in [6.07, 6.45) is 12.1. The molecular weight excluding hydrogens is 1030 g/mol. The number of amidine groups is 1. The van der Waals surface area contributed by atoms with Crippen molar-refractivity contribution >= 4 is 29.0 Å². The highest BCUT2D eigenvalue weighted by molar-refractivity contribution is 6.02. The van der Waals surface area contributed by atoms with E-state index >= 15 is 0 Å². The van der Waals surface area contributed by atoms with Crippen LogP contribution in [-0.4, -0.2) is 83.0 Å². The number of ether oxygens (including phenoxy) is 4. The number of carbonyl (C=O) groups is 2. The molecule has 0 spiro atoms. The van der Waals surface area contributed by atoms with Gasteiger partial charge >= 0.3 is 0 Å². The molecule has 6 aromatic rings. The van der Waals surface area contributed by atoms with Gasteiger partial charge in [-0.1, -0.05) is 116 Å². The molecule has 4 aliphatic heterocycles. The van der Waals surface area contributed by atoms with Gasteiger partial charge in [0, 0.05) is 53.9 Å². The Morgan fingerprint density at radius 1 is 0.561 bits per heavy atom. The zero-order chi connectivity index (χ0) is 57.4. The van der Waals surface area contributed by atoms with Crippen molar-refractivity contribution in [2.45, 2.75) is 154 Å². The molecule has 0 saturated carbocycles. The molecule has 0 aliphatic carbocycles. The van der Waals surface area contributed by atoms with Crippen LogP contribution in [0.25, 0.3) is 0 Å². The van der Waals surface area contributed by atoms with Gasteiger partial charge in [-0.3, -0.25) is 19.4 Å². The van der Waals surface area contributed by atoms with Gasteiger partial charge < -0.3 is 39.7 Å². The number of oxime groups is 1. The van der Waals surface area contributed by atoms with E-state index in [1.165, 1.54) is 38.5 Å². The molecule has 0 bridgehead atoms. The van der Waals surface area contributed by atoms with Crippen molar-refractivity contribution in [2.24, 2.45) is 10.9 Å². The molecule has 0 radical (unpaired) electrons. The molecule has 2 fully saturated rings. The number of piperidine rings is 2. The number of likely N-dealkylation sites (tertiary alicyclic amines) is 2. The summed E-state index contributed by atoms with van der Waals surface area (Å²) < 4.78 is 25.0. The van der Waals surface area contributed by atoms with Crippen LogP contribution in [0.2, 0.25) is 0 Å². The number of unbranched alkanes of at least 4 members (excludes halogenated alkanes) is 4. The fourth-order valence-electron chi connectivity index (χ4n) is 12.1. The Labute approximate surface area is 485 Å². The van der Waals surface area contributed by atoms with Crippen LogP contribution < -0.4 is 34.5 Å². The fourth-order valence-corrected chi connectivity index (χ4v) is 12.1. The second-order valence-corrected chi connectivity index (χ2v) is 22.4. The Hall–Kier alpha value is -7.86. The summed E-state index contributed by atoms with van der Waals surface area (Å²) in [6.45, 7) is 13.5. The number of para-hydroxylation sites is 4. The molecule has 2 amide bonds. The first-order valence-electron chi connectivity index (χ1n) is 29.7. The van der Waals surface area contributed by atoms with Gasteiger partial charge in [-0.15, -0.1) is 0 Å². The summed E-state index contributed by atoms with van der Waals surface area (Å²) in [5.74, 6) is 2.02. The molecule has 6 atom stereocenters. The van der Waals surface area contributed by atoms with Gasteiger partial charge in [0.25, 0.3) is 11.8 Å². The number of benzene rings is 6. The summed E-state index contributed by atoms with van der Waals surface area (Å²) in [7, 11) is 0. The Kier molecular flexibility index (Phi) is 20.6. The van der Waals surface area contributed by atoms with Gasteiger partial charge in [0.15, 0.2) is 5.84 Å². The van der Waals surface area contributed by atoms with E-state index in [4.69, 9.17) is 24.7 Å². The number of anilines is 2. The first-order chi connectivity index (χ1) is 40.0. The van der Waals surface area contributed by atoms with Crippen LogP contribution in [0.15, 0.2) is 151 Å². The Balaban J connectivity index is 0.000000198. The molecule has 0 aromatic heterocycles. The van der Waals surface area contributed by atoms with E-state index in [0.29, 0.717) is 95.7 Å². The summed E-state index contributed by atoms with van der Waals surface area (Å²) in [6, 6.07) is 50.2. The van der Waals surface area contributed by atoms with Crippen molar-refractivity contribution in [2.75, 3.05) is 36.0 Å². The number of amides is 2. The first kappa shape index (κ1) is 58.8. The number of carbonyl (C=O) groups excluding carboxylic acids is 2. The van der Waals surface area contributed by atoms with Crippen molar-refractivity contribution in [1.82, 2.24) is 9.80 Å². The van der Waals surface area contributed by atoms with Gasteiger partial charge in [0.1, 0.15) is 36.2 Å². The van der Waals surface area contributed by atoms with Crippen LogP contribution in [0.1, 0.15) is 150 Å². The van der Waals surface area contributed by atoms with Crippen LogP contribution in [-0.2, 0) is 22.8 Å². The summed E-state index contributed by atoms with van der Waals surface area (Å²) in [5, 5.41) is 22.1. The minimum Gasteiger partial charge on any atom is -0.488 e. The Morgan fingerprint density at radius 2 is 0.976 bits per heavy atom. The van der Waals surface area contributed by atoms with E-state index in [-0.39, 0.29) is 17.6 Å². The predicted octanol–water partition coefficient (Wildman–Crippen LogP) is 13.3. The number of fused-ring (bicyclic) bond motifs is 2. The van der Waals surface area contributed by atoms with Gasteiger partial charge in [0.05, 0.1) is 23.0 Å². The minimum absolute atomic E-state index is 0.0521. The van der Waals surface area contributed by atoms with Gasteiger partial charge in [-0.05, 0) is 164 Å². The maximum atomic E-state index is 14.1. The highest BCUT2D eigenvalue weighted by Crippen LogP contribution is 2.43. The maximum Gasteiger partial charge on any atom is 0.273 e. The molecule has 2 saturated heterocycles. The minimum atomic E-state index is -0.938. The molecule has 430 valence electrons. The number of rotatable bonds is 21.